The van der Waals surface area contributed by atoms with E-state index in [2.05, 4.69) is 43.0 Å². The van der Waals surface area contributed by atoms with E-state index in [4.69, 9.17) is 0 Å². The molecule has 5 rings (SSSR count). The molecule has 3 saturated carbocycles. The zero-order valence-corrected chi connectivity index (χ0v) is 15.0. The van der Waals surface area contributed by atoms with Crippen molar-refractivity contribution in [2.75, 3.05) is 11.4 Å². The van der Waals surface area contributed by atoms with Crippen LogP contribution in [0, 0.1) is 17.3 Å². The largest absolute Gasteiger partial charge is 0.390 e. The molecule has 4 atom stereocenters. The summed E-state index contributed by atoms with van der Waals surface area (Å²) in [5.41, 5.74) is 1.07. The summed E-state index contributed by atoms with van der Waals surface area (Å²) in [6, 6.07) is 20.3. The Labute approximate surface area is 149 Å². The van der Waals surface area contributed by atoms with Gasteiger partial charge in [-0.3, -0.25) is 0 Å². The van der Waals surface area contributed by atoms with Gasteiger partial charge in [0.1, 0.15) is 5.60 Å². The lowest BCUT2D eigenvalue weighted by molar-refractivity contribution is -0.248. The second kappa shape index (κ2) is 5.86. The number of aliphatic hydroxyl groups is 2. The average molecular weight is 337 g/mol. The van der Waals surface area contributed by atoms with Gasteiger partial charge in [0.25, 0.3) is 0 Å². The maximum absolute atomic E-state index is 11.6. The molecule has 2 aromatic carbocycles. The van der Waals surface area contributed by atoms with Crippen molar-refractivity contribution in [1.82, 2.24) is 0 Å². The topological polar surface area (TPSA) is 43.7 Å². The van der Waals surface area contributed by atoms with Crippen LogP contribution in [0.25, 0.3) is 0 Å². The standard InChI is InChI=1S/C22H27NO2/c1-21(2)16-13-19(21)22(25,20(24)14-16)15-23(17-9-5-3-6-10-17)18-11-7-4-8-12-18/h3-12,16,19-20,24-25H,13-15H2,1-2H3/t16-,19-,20+,22-/m1/s1. The van der Waals surface area contributed by atoms with Crippen molar-refractivity contribution in [2.24, 2.45) is 17.3 Å². The Morgan fingerprint density at radius 1 is 0.920 bits per heavy atom. The van der Waals surface area contributed by atoms with Gasteiger partial charge in [0.2, 0.25) is 0 Å². The molecule has 0 aromatic heterocycles. The van der Waals surface area contributed by atoms with Crippen LogP contribution in [0.4, 0.5) is 11.4 Å². The first-order chi connectivity index (χ1) is 11.9. The number of aliphatic hydroxyl groups excluding tert-OH is 1. The molecule has 0 radical (unpaired) electrons. The highest BCUT2D eigenvalue weighted by molar-refractivity contribution is 5.63. The average Bonchev–Trinajstić information content (AvgIpc) is 2.63. The van der Waals surface area contributed by atoms with Gasteiger partial charge in [-0.25, -0.2) is 0 Å². The lowest BCUT2D eigenvalue weighted by Crippen LogP contribution is -2.70. The molecule has 0 aliphatic heterocycles. The monoisotopic (exact) mass is 337 g/mol. The molecule has 25 heavy (non-hydrogen) atoms. The van der Waals surface area contributed by atoms with E-state index in [1.165, 1.54) is 0 Å². The van der Waals surface area contributed by atoms with Crippen LogP contribution in [0.1, 0.15) is 26.7 Å². The Balaban J connectivity index is 1.71. The summed E-state index contributed by atoms with van der Waals surface area (Å²) in [5.74, 6) is 0.651. The quantitative estimate of drug-likeness (QED) is 0.887. The van der Waals surface area contributed by atoms with Gasteiger partial charge in [0.05, 0.1) is 12.6 Å². The summed E-state index contributed by atoms with van der Waals surface area (Å²) >= 11 is 0. The van der Waals surface area contributed by atoms with Gasteiger partial charge in [-0.1, -0.05) is 50.2 Å². The van der Waals surface area contributed by atoms with Gasteiger partial charge in [-0.15, -0.1) is 0 Å². The van der Waals surface area contributed by atoms with Crippen molar-refractivity contribution in [3.05, 3.63) is 60.7 Å². The van der Waals surface area contributed by atoms with Crippen LogP contribution in [0.15, 0.2) is 60.7 Å². The second-order valence-electron chi connectivity index (χ2n) is 8.31. The third-order valence-corrected chi connectivity index (χ3v) is 6.71. The predicted molar refractivity (Wildman–Crippen MR) is 101 cm³/mol. The number of hydrogen-bond donors (Lipinski definition) is 2. The van der Waals surface area contributed by atoms with Crippen LogP contribution in [0.2, 0.25) is 0 Å². The number of nitrogens with zero attached hydrogens (tertiary/aromatic N) is 1. The van der Waals surface area contributed by atoms with Crippen molar-refractivity contribution in [2.45, 2.75) is 38.4 Å². The Bertz CT molecular complexity index is 691. The third-order valence-electron chi connectivity index (χ3n) is 6.71. The minimum atomic E-state index is -1.09. The Morgan fingerprint density at radius 3 is 1.92 bits per heavy atom. The molecule has 3 aliphatic carbocycles. The number of para-hydroxylation sites is 2. The summed E-state index contributed by atoms with van der Waals surface area (Å²) < 4.78 is 0. The van der Waals surface area contributed by atoms with Gasteiger partial charge in [-0.05, 0) is 54.4 Å². The highest BCUT2D eigenvalue weighted by Crippen LogP contribution is 2.63. The zero-order chi connectivity index (χ0) is 17.7. The van der Waals surface area contributed by atoms with Crippen LogP contribution in [0.3, 0.4) is 0 Å². The van der Waals surface area contributed by atoms with Crippen molar-refractivity contribution < 1.29 is 10.2 Å². The van der Waals surface area contributed by atoms with Gasteiger partial charge < -0.3 is 15.1 Å². The van der Waals surface area contributed by atoms with E-state index >= 15 is 0 Å². The molecule has 2 aromatic rings. The van der Waals surface area contributed by atoms with Gasteiger partial charge in [0, 0.05) is 11.4 Å². The summed E-state index contributed by atoms with van der Waals surface area (Å²) in [7, 11) is 0. The Hall–Kier alpha value is -1.84. The van der Waals surface area contributed by atoms with Gasteiger partial charge in [-0.2, -0.15) is 0 Å². The number of fused-ring (bicyclic) bond motifs is 2. The van der Waals surface area contributed by atoms with Crippen molar-refractivity contribution >= 4 is 11.4 Å². The number of benzene rings is 2. The minimum absolute atomic E-state index is 0.0903. The molecule has 0 heterocycles. The van der Waals surface area contributed by atoms with E-state index in [1.807, 2.05) is 36.4 Å². The second-order valence-corrected chi connectivity index (χ2v) is 8.31. The highest BCUT2D eigenvalue weighted by Gasteiger charge is 2.64. The molecule has 3 aliphatic rings. The molecule has 0 amide bonds. The lowest BCUT2D eigenvalue weighted by atomic mass is 9.43. The minimum Gasteiger partial charge on any atom is -0.390 e. The molecule has 0 unspecified atom stereocenters. The number of hydrogen-bond acceptors (Lipinski definition) is 3. The molecule has 132 valence electrons. The molecule has 2 N–H and O–H groups in total. The first kappa shape index (κ1) is 16.6. The Kier molecular flexibility index (Phi) is 3.89. The van der Waals surface area contributed by atoms with Crippen LogP contribution in [-0.4, -0.2) is 28.5 Å². The SMILES string of the molecule is CC1(C)[C@@H]2C[C@H]1[C@](O)(CN(c1ccccc1)c1ccccc1)[C@@H](O)C2. The first-order valence-electron chi connectivity index (χ1n) is 9.21. The van der Waals surface area contributed by atoms with E-state index < -0.39 is 11.7 Å². The molecule has 3 nitrogen and oxygen atoms in total. The smallest absolute Gasteiger partial charge is 0.112 e. The summed E-state index contributed by atoms with van der Waals surface area (Å²) in [4.78, 5) is 2.14. The molecule has 3 fully saturated rings. The number of rotatable bonds is 4. The lowest BCUT2D eigenvalue weighted by Gasteiger charge is -2.65. The molecule has 2 bridgehead atoms. The maximum Gasteiger partial charge on any atom is 0.112 e. The normalized spacial score (nSPS) is 32.7. The molecule has 3 heteroatoms. The summed E-state index contributed by atoms with van der Waals surface area (Å²) in [5, 5.41) is 22.3. The van der Waals surface area contributed by atoms with Crippen molar-refractivity contribution in [1.29, 1.82) is 0 Å². The van der Waals surface area contributed by atoms with E-state index in [-0.39, 0.29) is 11.3 Å². The molecule has 0 spiro atoms. The van der Waals surface area contributed by atoms with Crippen molar-refractivity contribution in [3.63, 3.8) is 0 Å². The van der Waals surface area contributed by atoms with E-state index in [9.17, 15) is 10.2 Å². The predicted octanol–water partition coefficient (Wildman–Crippen LogP) is 3.98. The van der Waals surface area contributed by atoms with Crippen LogP contribution >= 0.6 is 0 Å². The molecular formula is C22H27NO2. The van der Waals surface area contributed by atoms with E-state index in [0.717, 1.165) is 17.8 Å². The summed E-state index contributed by atoms with van der Waals surface area (Å²) in [6.45, 7) is 4.87. The van der Waals surface area contributed by atoms with Crippen molar-refractivity contribution in [3.8, 4) is 0 Å². The van der Waals surface area contributed by atoms with E-state index in [1.54, 1.807) is 0 Å². The maximum atomic E-state index is 11.6. The summed E-state index contributed by atoms with van der Waals surface area (Å²) in [6.07, 6.45) is 1.04. The molecule has 0 saturated heterocycles. The fraction of sp³-hybridized carbons (Fsp3) is 0.455. The van der Waals surface area contributed by atoms with Crippen LogP contribution < -0.4 is 4.90 Å². The molecular weight excluding hydrogens is 310 g/mol. The fourth-order valence-corrected chi connectivity index (χ4v) is 4.99. The van der Waals surface area contributed by atoms with Crippen LogP contribution in [-0.2, 0) is 0 Å². The first-order valence-corrected chi connectivity index (χ1v) is 9.21. The number of anilines is 2. The van der Waals surface area contributed by atoms with Crippen LogP contribution in [0.5, 0.6) is 0 Å². The fourth-order valence-electron chi connectivity index (χ4n) is 4.99. The third kappa shape index (κ3) is 2.57. The van der Waals surface area contributed by atoms with Gasteiger partial charge in [0.15, 0.2) is 0 Å². The zero-order valence-electron chi connectivity index (χ0n) is 15.0. The Morgan fingerprint density at radius 2 is 1.44 bits per heavy atom. The van der Waals surface area contributed by atoms with Gasteiger partial charge >= 0.3 is 0 Å². The van der Waals surface area contributed by atoms with E-state index in [0.29, 0.717) is 18.9 Å². The highest BCUT2D eigenvalue weighted by atomic mass is 16.3.